The molecule has 2 nitrogen and oxygen atoms in total. The molecule has 1 radical (unpaired) electrons. The highest BCUT2D eigenvalue weighted by Gasteiger charge is 2.31. The van der Waals surface area contributed by atoms with E-state index in [2.05, 4.69) is 6.58 Å². The summed E-state index contributed by atoms with van der Waals surface area (Å²) in [4.78, 5) is 11.6. The van der Waals surface area contributed by atoms with Crippen LogP contribution < -0.4 is 0 Å². The first-order chi connectivity index (χ1) is 5.38. The lowest BCUT2D eigenvalue weighted by Crippen LogP contribution is -2.42. The molecule has 0 amide bonds. The van der Waals surface area contributed by atoms with Crippen molar-refractivity contribution in [3.8, 4) is 0 Å². The summed E-state index contributed by atoms with van der Waals surface area (Å²) in [6.07, 6.45) is 0.815. The van der Waals surface area contributed by atoms with Crippen molar-refractivity contribution in [3.63, 3.8) is 0 Å². The molecule has 0 aliphatic heterocycles. The van der Waals surface area contributed by atoms with Crippen molar-refractivity contribution in [1.82, 2.24) is 0 Å². The molecule has 0 rings (SSSR count). The summed E-state index contributed by atoms with van der Waals surface area (Å²) in [5.74, 6) is 0. The van der Waals surface area contributed by atoms with Crippen molar-refractivity contribution < 1.29 is 9.53 Å². The summed E-state index contributed by atoms with van der Waals surface area (Å²) < 4.78 is 5.47. The third-order valence-corrected chi connectivity index (χ3v) is 3.80. The van der Waals surface area contributed by atoms with E-state index in [9.17, 15) is 4.80 Å². The molecule has 3 heteroatoms. The monoisotopic (exact) mass is 187 g/mol. The Balaban J connectivity index is 3.92. The normalized spacial score (nSPS) is 14.4. The van der Waals surface area contributed by atoms with Crippen molar-refractivity contribution in [2.24, 2.45) is 0 Å². The van der Waals surface area contributed by atoms with Gasteiger partial charge in [0.05, 0.1) is 12.3 Å². The molecule has 0 bridgehead atoms. The molecule has 0 heterocycles. The molecule has 0 saturated heterocycles. The van der Waals surface area contributed by atoms with Gasteiger partial charge in [0.2, 0.25) is 0 Å². The van der Waals surface area contributed by atoms with Crippen molar-refractivity contribution >= 4 is 8.32 Å². The van der Waals surface area contributed by atoms with E-state index in [1.807, 2.05) is 13.8 Å². The summed E-state index contributed by atoms with van der Waals surface area (Å²) in [6, 6.07) is 0. The minimum atomic E-state index is -2.37. The first-order valence-electron chi connectivity index (χ1n) is 4.34. The number of ether oxygens (including phenoxy) is 1. The topological polar surface area (TPSA) is 29.1 Å². The molecular formula is C9H19O2Si. The fourth-order valence-electron chi connectivity index (χ4n) is 1.05. The summed E-state index contributed by atoms with van der Waals surface area (Å²) in [5, 5.41) is 0. The van der Waals surface area contributed by atoms with Gasteiger partial charge in [-0.25, -0.2) is 0 Å². The molecule has 0 aliphatic carbocycles. The van der Waals surface area contributed by atoms with Gasteiger partial charge in [0.15, 0.2) is 0 Å². The average Bonchev–Trinajstić information content (AvgIpc) is 1.85. The van der Waals surface area contributed by atoms with Crippen LogP contribution in [-0.4, -0.2) is 20.7 Å². The molecule has 0 aromatic carbocycles. The van der Waals surface area contributed by atoms with E-state index in [4.69, 9.17) is 4.74 Å². The third-order valence-electron chi connectivity index (χ3n) is 1.68. The maximum Gasteiger partial charge on any atom is 0.259 e. The fourth-order valence-corrected chi connectivity index (χ4v) is 2.52. The zero-order chi connectivity index (χ0) is 9.78. The second kappa shape index (κ2) is 4.79. The van der Waals surface area contributed by atoms with Crippen LogP contribution in [0.1, 0.15) is 20.3 Å². The van der Waals surface area contributed by atoms with Gasteiger partial charge < -0.3 is 4.74 Å². The van der Waals surface area contributed by atoms with Crippen LogP contribution in [0.25, 0.3) is 0 Å². The highest BCUT2D eigenvalue weighted by molar-refractivity contribution is 6.70. The maximum absolute atomic E-state index is 11.6. The summed E-state index contributed by atoms with van der Waals surface area (Å²) in [6.45, 7) is 11.7. The Kier molecular flexibility index (Phi) is 4.75. The van der Waals surface area contributed by atoms with Crippen molar-refractivity contribution in [1.29, 1.82) is 0 Å². The molecule has 0 N–H and O–H groups in total. The number of rotatable bonds is 5. The molecule has 71 valence electrons. The highest BCUT2D eigenvalue weighted by Crippen LogP contribution is 2.13. The van der Waals surface area contributed by atoms with Crippen LogP contribution in [0.2, 0.25) is 13.1 Å². The molecule has 0 fully saturated rings. The van der Waals surface area contributed by atoms with Crippen LogP contribution in [0.15, 0.2) is 12.2 Å². The molecule has 0 saturated carbocycles. The zero-order valence-corrected chi connectivity index (χ0v) is 9.52. The first kappa shape index (κ1) is 11.9. The van der Waals surface area contributed by atoms with Gasteiger partial charge in [0.25, 0.3) is 8.32 Å². The van der Waals surface area contributed by atoms with Gasteiger partial charge in [0.1, 0.15) is 0 Å². The van der Waals surface area contributed by atoms with E-state index in [1.54, 1.807) is 13.1 Å². The van der Waals surface area contributed by atoms with Gasteiger partial charge in [-0.1, -0.05) is 19.1 Å². The lowest BCUT2D eigenvalue weighted by Gasteiger charge is -2.23. The van der Waals surface area contributed by atoms with E-state index in [-0.39, 0.29) is 5.73 Å². The third kappa shape index (κ3) is 4.69. The minimum Gasteiger partial charge on any atom is -0.374 e. The van der Waals surface area contributed by atoms with Crippen molar-refractivity contribution in [2.45, 2.75) is 39.1 Å². The lowest BCUT2D eigenvalue weighted by atomic mass is 10.4. The first-order valence-corrected chi connectivity index (χ1v) is 7.33. The van der Waals surface area contributed by atoms with Crippen LogP contribution in [0.5, 0.6) is 0 Å². The highest BCUT2D eigenvalue weighted by atomic mass is 28.4. The fraction of sp³-hybridized carbons (Fsp3) is 0.778. The van der Waals surface area contributed by atoms with Gasteiger partial charge in [-0.05, 0) is 26.4 Å². The van der Waals surface area contributed by atoms with Gasteiger partial charge in [-0.2, -0.15) is 0 Å². The van der Waals surface area contributed by atoms with E-state index in [0.29, 0.717) is 6.61 Å². The predicted molar refractivity (Wildman–Crippen MR) is 53.0 cm³/mol. The van der Waals surface area contributed by atoms with Crippen LogP contribution in [-0.2, 0) is 9.53 Å². The summed E-state index contributed by atoms with van der Waals surface area (Å²) >= 11 is 0. The summed E-state index contributed by atoms with van der Waals surface area (Å²) in [5.41, 5.74) is 0.904. The minimum absolute atomic E-state index is 0.0748. The molecule has 0 aromatic heterocycles. The van der Waals surface area contributed by atoms with Gasteiger partial charge in [0, 0.05) is 0 Å². The summed E-state index contributed by atoms with van der Waals surface area (Å²) in [7, 11) is -2.37. The maximum atomic E-state index is 11.6. The molecule has 12 heavy (non-hydrogen) atoms. The van der Waals surface area contributed by atoms with Crippen LogP contribution in [0, 0.1) is 0 Å². The van der Waals surface area contributed by atoms with E-state index in [1.165, 1.54) is 0 Å². The van der Waals surface area contributed by atoms with Crippen molar-refractivity contribution in [3.05, 3.63) is 12.2 Å². The van der Waals surface area contributed by atoms with Crippen LogP contribution in [0.3, 0.4) is 0 Å². The smallest absolute Gasteiger partial charge is 0.259 e. The van der Waals surface area contributed by atoms with E-state index in [0.717, 1.165) is 12.0 Å². The zero-order valence-electron chi connectivity index (χ0n) is 8.52. The second-order valence-corrected chi connectivity index (χ2v) is 7.62. The van der Waals surface area contributed by atoms with Crippen molar-refractivity contribution in [2.75, 3.05) is 6.61 Å². The number of hydrogen-bond donors (Lipinski definition) is 0. The van der Waals surface area contributed by atoms with Gasteiger partial charge in [-0.15, -0.1) is 0 Å². The van der Waals surface area contributed by atoms with Crippen LogP contribution >= 0.6 is 0 Å². The van der Waals surface area contributed by atoms with Crippen LogP contribution in [0.4, 0.5) is 0 Å². The Hall–Kier alpha value is -0.123. The standard InChI is InChI=1S/C9H19O2Si/c1-6-9(12(4,5)10)11-7-8(2)3/h9H,2,6-7H2,1,3-5H3. The molecular weight excluding hydrogens is 168 g/mol. The molecule has 1 atom stereocenters. The Labute approximate surface area is 76.4 Å². The Bertz CT molecular complexity index is 149. The molecule has 0 aromatic rings. The van der Waals surface area contributed by atoms with Gasteiger partial charge >= 0.3 is 0 Å². The van der Waals surface area contributed by atoms with E-state index < -0.39 is 8.32 Å². The lowest BCUT2D eigenvalue weighted by molar-refractivity contribution is 0.100. The average molecular weight is 187 g/mol. The molecule has 0 spiro atoms. The Morgan fingerprint density at radius 3 is 2.33 bits per heavy atom. The SMILES string of the molecule is C=C(C)COC(CC)[Si](C)(C)[O]. The predicted octanol–water partition coefficient (Wildman–Crippen LogP) is 2.53. The molecule has 1 unspecified atom stereocenters. The van der Waals surface area contributed by atoms with E-state index >= 15 is 0 Å². The Morgan fingerprint density at radius 1 is 1.58 bits per heavy atom. The quantitative estimate of drug-likeness (QED) is 0.480. The van der Waals surface area contributed by atoms with Gasteiger partial charge in [-0.3, -0.25) is 4.80 Å². The molecule has 0 aliphatic rings. The largest absolute Gasteiger partial charge is 0.374 e. The Morgan fingerprint density at radius 2 is 2.08 bits per heavy atom. The second-order valence-electron chi connectivity index (χ2n) is 3.77. The number of hydrogen-bond acceptors (Lipinski definition) is 1.